The lowest BCUT2D eigenvalue weighted by molar-refractivity contribution is 0.146. The van der Waals surface area contributed by atoms with Crippen molar-refractivity contribution in [1.29, 1.82) is 0 Å². The minimum atomic E-state index is 0.0230. The third-order valence-corrected chi connectivity index (χ3v) is 5.08. The molecule has 0 spiro atoms. The fourth-order valence-corrected chi connectivity index (χ4v) is 3.47. The minimum Gasteiger partial charge on any atom is -0.322 e. The molecule has 4 heteroatoms. The summed E-state index contributed by atoms with van der Waals surface area (Å²) in [5.74, 6) is 0. The number of rotatable bonds is 6. The Balaban J connectivity index is 1.41. The van der Waals surface area contributed by atoms with E-state index in [-0.39, 0.29) is 6.03 Å². The van der Waals surface area contributed by atoms with Crippen LogP contribution in [0, 0.1) is 0 Å². The van der Waals surface area contributed by atoms with Crippen molar-refractivity contribution in [3.63, 3.8) is 0 Å². The smallest absolute Gasteiger partial charge is 0.321 e. The highest BCUT2D eigenvalue weighted by molar-refractivity contribution is 5.90. The lowest BCUT2D eigenvalue weighted by Crippen LogP contribution is -2.50. The highest BCUT2D eigenvalue weighted by Gasteiger charge is 2.21. The van der Waals surface area contributed by atoms with Gasteiger partial charge in [-0.2, -0.15) is 0 Å². The number of amides is 2. The van der Waals surface area contributed by atoms with E-state index >= 15 is 0 Å². The molecule has 1 saturated heterocycles. The Morgan fingerprint density at radius 2 is 1.65 bits per heavy atom. The van der Waals surface area contributed by atoms with E-state index in [0.29, 0.717) is 0 Å². The maximum absolute atomic E-state index is 12.5. The Morgan fingerprint density at radius 1 is 0.962 bits per heavy atom. The molecule has 0 saturated carbocycles. The van der Waals surface area contributed by atoms with E-state index < -0.39 is 0 Å². The molecule has 0 unspecified atom stereocenters. The predicted molar refractivity (Wildman–Crippen MR) is 108 cm³/mol. The lowest BCUT2D eigenvalue weighted by Gasteiger charge is -2.34. The Morgan fingerprint density at radius 3 is 2.38 bits per heavy atom. The summed E-state index contributed by atoms with van der Waals surface area (Å²) in [6, 6.07) is 18.7. The van der Waals surface area contributed by atoms with Gasteiger partial charge in [0.25, 0.3) is 0 Å². The zero-order valence-electron chi connectivity index (χ0n) is 15.7. The molecule has 1 fully saturated rings. The summed E-state index contributed by atoms with van der Waals surface area (Å²) in [6.45, 7) is 6.72. The molecule has 2 aromatic carbocycles. The van der Waals surface area contributed by atoms with Crippen LogP contribution in [0.5, 0.6) is 0 Å². The molecule has 26 heavy (non-hydrogen) atoms. The molecule has 1 aliphatic rings. The summed E-state index contributed by atoms with van der Waals surface area (Å²) in [4.78, 5) is 16.9. The van der Waals surface area contributed by atoms with Gasteiger partial charge in [0, 0.05) is 31.9 Å². The maximum Gasteiger partial charge on any atom is 0.321 e. The van der Waals surface area contributed by atoms with Crippen molar-refractivity contribution in [3.05, 3.63) is 65.7 Å². The number of urea groups is 1. The minimum absolute atomic E-state index is 0.0230. The van der Waals surface area contributed by atoms with Crippen molar-refractivity contribution >= 4 is 11.7 Å². The van der Waals surface area contributed by atoms with E-state index in [1.165, 1.54) is 17.5 Å². The number of aryl methyl sites for hydroxylation is 2. The van der Waals surface area contributed by atoms with Gasteiger partial charge in [-0.05, 0) is 43.0 Å². The summed E-state index contributed by atoms with van der Waals surface area (Å²) in [5, 5.41) is 3.08. The number of para-hydroxylation sites is 1. The van der Waals surface area contributed by atoms with Gasteiger partial charge in [0.05, 0.1) is 0 Å². The monoisotopic (exact) mass is 351 g/mol. The van der Waals surface area contributed by atoms with Crippen molar-refractivity contribution in [2.75, 3.05) is 38.0 Å². The molecule has 2 amide bonds. The van der Waals surface area contributed by atoms with Crippen LogP contribution in [0.25, 0.3) is 0 Å². The zero-order chi connectivity index (χ0) is 18.2. The van der Waals surface area contributed by atoms with Crippen LogP contribution in [0.1, 0.15) is 24.5 Å². The Hall–Kier alpha value is -2.33. The van der Waals surface area contributed by atoms with E-state index in [9.17, 15) is 4.79 Å². The van der Waals surface area contributed by atoms with E-state index in [2.05, 4.69) is 53.5 Å². The second kappa shape index (κ2) is 9.39. The second-order valence-electron chi connectivity index (χ2n) is 6.86. The first-order valence-electron chi connectivity index (χ1n) is 9.66. The van der Waals surface area contributed by atoms with Crippen molar-refractivity contribution in [2.45, 2.75) is 26.2 Å². The number of hydrogen-bond acceptors (Lipinski definition) is 2. The first-order valence-corrected chi connectivity index (χ1v) is 9.66. The van der Waals surface area contributed by atoms with E-state index in [1.807, 2.05) is 23.1 Å². The quantitative estimate of drug-likeness (QED) is 0.853. The summed E-state index contributed by atoms with van der Waals surface area (Å²) in [6.07, 6.45) is 3.21. The van der Waals surface area contributed by atoms with Gasteiger partial charge < -0.3 is 10.2 Å². The third kappa shape index (κ3) is 5.09. The Kier molecular flexibility index (Phi) is 6.67. The molecule has 138 valence electrons. The summed E-state index contributed by atoms with van der Waals surface area (Å²) < 4.78 is 0. The second-order valence-corrected chi connectivity index (χ2v) is 6.86. The number of nitrogens with zero attached hydrogens (tertiary/aromatic N) is 2. The number of carbonyl (C=O) groups is 1. The van der Waals surface area contributed by atoms with Gasteiger partial charge in [0.1, 0.15) is 0 Å². The van der Waals surface area contributed by atoms with Crippen LogP contribution >= 0.6 is 0 Å². The van der Waals surface area contributed by atoms with E-state index in [4.69, 9.17) is 0 Å². The fraction of sp³-hybridized carbons (Fsp3) is 0.409. The van der Waals surface area contributed by atoms with Crippen molar-refractivity contribution < 1.29 is 4.79 Å². The molecule has 0 aliphatic carbocycles. The maximum atomic E-state index is 12.5. The topological polar surface area (TPSA) is 35.6 Å². The molecular formula is C22H29N3O. The third-order valence-electron chi connectivity index (χ3n) is 5.08. The molecule has 1 aliphatic heterocycles. The standard InChI is InChI=1S/C22H29N3O/c1-2-20-12-6-7-13-21(20)23-22(26)25-17-15-24(16-18-25)14-8-11-19-9-4-3-5-10-19/h3-7,9-10,12-13H,2,8,11,14-18H2,1H3,(H,23,26). The molecule has 1 N–H and O–H groups in total. The number of carbonyl (C=O) groups excluding carboxylic acids is 1. The summed E-state index contributed by atoms with van der Waals surface area (Å²) in [5.41, 5.74) is 3.52. The number of anilines is 1. The van der Waals surface area contributed by atoms with Crippen LogP contribution in [-0.4, -0.2) is 48.6 Å². The van der Waals surface area contributed by atoms with Crippen LogP contribution in [0.2, 0.25) is 0 Å². The van der Waals surface area contributed by atoms with Crippen LogP contribution < -0.4 is 5.32 Å². The average molecular weight is 351 g/mol. The summed E-state index contributed by atoms with van der Waals surface area (Å²) >= 11 is 0. The van der Waals surface area contributed by atoms with Gasteiger partial charge in [-0.15, -0.1) is 0 Å². The zero-order valence-corrected chi connectivity index (χ0v) is 15.7. The number of piperazine rings is 1. The van der Waals surface area contributed by atoms with E-state index in [1.54, 1.807) is 0 Å². The van der Waals surface area contributed by atoms with Gasteiger partial charge in [-0.1, -0.05) is 55.5 Å². The highest BCUT2D eigenvalue weighted by Crippen LogP contribution is 2.16. The van der Waals surface area contributed by atoms with Gasteiger partial charge in [-0.25, -0.2) is 4.79 Å². The van der Waals surface area contributed by atoms with Gasteiger partial charge in [0.15, 0.2) is 0 Å². The molecule has 0 aromatic heterocycles. The largest absolute Gasteiger partial charge is 0.322 e. The lowest BCUT2D eigenvalue weighted by atomic mass is 10.1. The molecular weight excluding hydrogens is 322 g/mol. The van der Waals surface area contributed by atoms with Gasteiger partial charge in [-0.3, -0.25) is 4.90 Å². The first-order chi connectivity index (χ1) is 12.8. The number of nitrogens with one attached hydrogen (secondary N) is 1. The van der Waals surface area contributed by atoms with Crippen molar-refractivity contribution in [3.8, 4) is 0 Å². The van der Waals surface area contributed by atoms with Gasteiger partial charge >= 0.3 is 6.03 Å². The average Bonchev–Trinajstić information content (AvgIpc) is 2.70. The Labute approximate surface area is 156 Å². The molecule has 2 aromatic rings. The highest BCUT2D eigenvalue weighted by atomic mass is 16.2. The normalized spacial score (nSPS) is 15.0. The number of hydrogen-bond donors (Lipinski definition) is 1. The van der Waals surface area contributed by atoms with Crippen molar-refractivity contribution in [2.24, 2.45) is 0 Å². The SMILES string of the molecule is CCc1ccccc1NC(=O)N1CCN(CCCc2ccccc2)CC1. The number of benzene rings is 2. The van der Waals surface area contributed by atoms with Crippen LogP contribution in [0.3, 0.4) is 0 Å². The molecule has 3 rings (SSSR count). The predicted octanol–water partition coefficient (Wildman–Crippen LogP) is 4.03. The molecule has 0 radical (unpaired) electrons. The first kappa shape index (κ1) is 18.5. The molecule has 4 nitrogen and oxygen atoms in total. The van der Waals surface area contributed by atoms with Crippen LogP contribution in [-0.2, 0) is 12.8 Å². The molecule has 1 heterocycles. The van der Waals surface area contributed by atoms with Gasteiger partial charge in [0.2, 0.25) is 0 Å². The fourth-order valence-electron chi connectivity index (χ4n) is 3.47. The van der Waals surface area contributed by atoms with E-state index in [0.717, 1.165) is 51.3 Å². The van der Waals surface area contributed by atoms with Crippen LogP contribution in [0.15, 0.2) is 54.6 Å². The Bertz CT molecular complexity index is 694. The molecule has 0 bridgehead atoms. The van der Waals surface area contributed by atoms with Crippen LogP contribution in [0.4, 0.5) is 10.5 Å². The molecule has 0 atom stereocenters. The van der Waals surface area contributed by atoms with Crippen molar-refractivity contribution in [1.82, 2.24) is 9.80 Å². The summed E-state index contributed by atoms with van der Waals surface area (Å²) in [7, 11) is 0.